The highest BCUT2D eigenvalue weighted by Gasteiger charge is 2.06. The molecule has 0 spiro atoms. The molecule has 4 aromatic carbocycles. The van der Waals surface area contributed by atoms with Gasteiger partial charge in [0.2, 0.25) is 0 Å². The highest BCUT2D eigenvalue weighted by molar-refractivity contribution is 6.03. The molecule has 0 saturated heterocycles. The standard InChI is InChI=1S/C23H17NO2/c25-22-15-14-17-8-4-5-11-19(17)20(22)16-24-21-12-6-7-13-23(21)26-18-9-2-1-3-10-18/h1-16,25H. The van der Waals surface area contributed by atoms with Crippen LogP contribution in [0.3, 0.4) is 0 Å². The van der Waals surface area contributed by atoms with Gasteiger partial charge >= 0.3 is 0 Å². The Kier molecular flexibility index (Phi) is 4.35. The van der Waals surface area contributed by atoms with Crippen LogP contribution in [-0.2, 0) is 0 Å². The van der Waals surface area contributed by atoms with Crippen LogP contribution in [0.15, 0.2) is 96.0 Å². The van der Waals surface area contributed by atoms with Crippen molar-refractivity contribution in [2.45, 2.75) is 0 Å². The van der Waals surface area contributed by atoms with Gasteiger partial charge in [0.1, 0.15) is 17.2 Å². The van der Waals surface area contributed by atoms with Gasteiger partial charge in [-0.15, -0.1) is 0 Å². The van der Waals surface area contributed by atoms with Crippen molar-refractivity contribution < 1.29 is 9.84 Å². The quantitative estimate of drug-likeness (QED) is 0.457. The number of aromatic hydroxyl groups is 1. The third-order valence-electron chi connectivity index (χ3n) is 4.12. The van der Waals surface area contributed by atoms with Crippen LogP contribution < -0.4 is 4.74 Å². The van der Waals surface area contributed by atoms with Crippen molar-refractivity contribution in [2.24, 2.45) is 4.99 Å². The van der Waals surface area contributed by atoms with E-state index in [0.717, 1.165) is 16.5 Å². The van der Waals surface area contributed by atoms with E-state index in [2.05, 4.69) is 4.99 Å². The summed E-state index contributed by atoms with van der Waals surface area (Å²) in [6, 6.07) is 28.7. The molecule has 0 aliphatic rings. The second-order valence-electron chi connectivity index (χ2n) is 5.86. The van der Waals surface area contributed by atoms with E-state index in [1.807, 2.05) is 84.9 Å². The summed E-state index contributed by atoms with van der Waals surface area (Å²) in [5.74, 6) is 1.62. The molecule has 3 heteroatoms. The number of aliphatic imine (C=N–C) groups is 1. The molecule has 0 aliphatic heterocycles. The summed E-state index contributed by atoms with van der Waals surface area (Å²) in [7, 11) is 0. The van der Waals surface area contributed by atoms with E-state index in [1.54, 1.807) is 12.3 Å². The van der Waals surface area contributed by atoms with Gasteiger partial charge in [-0.05, 0) is 41.1 Å². The van der Waals surface area contributed by atoms with Crippen LogP contribution in [0.4, 0.5) is 5.69 Å². The molecule has 4 aromatic rings. The van der Waals surface area contributed by atoms with Crippen molar-refractivity contribution >= 4 is 22.7 Å². The van der Waals surface area contributed by atoms with Gasteiger partial charge in [0.15, 0.2) is 5.75 Å². The largest absolute Gasteiger partial charge is 0.507 e. The number of phenolic OH excluding ortho intramolecular Hbond substituents is 1. The molecular weight excluding hydrogens is 322 g/mol. The highest BCUT2D eigenvalue weighted by atomic mass is 16.5. The fraction of sp³-hybridized carbons (Fsp3) is 0. The first-order valence-corrected chi connectivity index (χ1v) is 8.38. The van der Waals surface area contributed by atoms with Crippen molar-refractivity contribution in [3.63, 3.8) is 0 Å². The summed E-state index contributed by atoms with van der Waals surface area (Å²) in [5, 5.41) is 12.3. The molecule has 0 unspecified atom stereocenters. The fourth-order valence-electron chi connectivity index (χ4n) is 2.82. The molecule has 0 bridgehead atoms. The number of rotatable bonds is 4. The first-order chi connectivity index (χ1) is 12.8. The maximum Gasteiger partial charge on any atom is 0.153 e. The van der Waals surface area contributed by atoms with Crippen molar-refractivity contribution in [3.05, 3.63) is 96.6 Å². The molecule has 4 rings (SSSR count). The number of hydrogen-bond acceptors (Lipinski definition) is 3. The fourth-order valence-corrected chi connectivity index (χ4v) is 2.82. The minimum Gasteiger partial charge on any atom is -0.507 e. The van der Waals surface area contributed by atoms with Crippen molar-refractivity contribution in [3.8, 4) is 17.2 Å². The molecule has 0 atom stereocenters. The van der Waals surface area contributed by atoms with E-state index < -0.39 is 0 Å². The van der Waals surface area contributed by atoms with E-state index in [1.165, 1.54) is 0 Å². The number of nitrogens with zero attached hydrogens (tertiary/aromatic N) is 1. The summed E-state index contributed by atoms with van der Waals surface area (Å²) < 4.78 is 5.94. The van der Waals surface area contributed by atoms with Gasteiger partial charge in [0, 0.05) is 11.8 Å². The minimum atomic E-state index is 0.203. The maximum absolute atomic E-state index is 10.3. The first-order valence-electron chi connectivity index (χ1n) is 8.38. The van der Waals surface area contributed by atoms with Crippen LogP contribution >= 0.6 is 0 Å². The van der Waals surface area contributed by atoms with Crippen molar-refractivity contribution in [1.82, 2.24) is 0 Å². The second-order valence-corrected chi connectivity index (χ2v) is 5.86. The summed E-state index contributed by atoms with van der Waals surface area (Å²) in [5.41, 5.74) is 1.39. The molecule has 0 heterocycles. The number of phenols is 1. The van der Waals surface area contributed by atoms with Gasteiger partial charge in [0.05, 0.1) is 0 Å². The van der Waals surface area contributed by atoms with Gasteiger partial charge in [-0.25, -0.2) is 0 Å². The van der Waals surface area contributed by atoms with Crippen LogP contribution in [-0.4, -0.2) is 11.3 Å². The molecule has 1 N–H and O–H groups in total. The summed E-state index contributed by atoms with van der Waals surface area (Å²) in [6.45, 7) is 0. The van der Waals surface area contributed by atoms with Gasteiger partial charge in [-0.2, -0.15) is 0 Å². The molecule has 0 saturated carbocycles. The van der Waals surface area contributed by atoms with Crippen molar-refractivity contribution in [1.29, 1.82) is 0 Å². The van der Waals surface area contributed by atoms with Gasteiger partial charge < -0.3 is 9.84 Å². The SMILES string of the molecule is Oc1ccc2ccccc2c1C=Nc1ccccc1Oc1ccccc1. The Morgan fingerprint density at radius 3 is 2.35 bits per heavy atom. The molecule has 26 heavy (non-hydrogen) atoms. The van der Waals surface area contributed by atoms with E-state index in [4.69, 9.17) is 4.74 Å². The zero-order chi connectivity index (χ0) is 17.8. The smallest absolute Gasteiger partial charge is 0.153 e. The molecule has 0 radical (unpaired) electrons. The Hall–Kier alpha value is -3.59. The molecule has 0 aliphatic carbocycles. The van der Waals surface area contributed by atoms with Crippen LogP contribution in [0.5, 0.6) is 17.2 Å². The molecule has 126 valence electrons. The van der Waals surface area contributed by atoms with E-state index >= 15 is 0 Å². The first kappa shape index (κ1) is 15.9. The maximum atomic E-state index is 10.3. The van der Waals surface area contributed by atoms with Crippen LogP contribution in [0.2, 0.25) is 0 Å². The Morgan fingerprint density at radius 1 is 0.731 bits per heavy atom. The molecule has 0 amide bonds. The van der Waals surface area contributed by atoms with Crippen LogP contribution in [0.1, 0.15) is 5.56 Å². The number of hydrogen-bond donors (Lipinski definition) is 1. The third kappa shape index (κ3) is 3.28. The van der Waals surface area contributed by atoms with Gasteiger partial charge in [-0.3, -0.25) is 4.99 Å². The Labute approximate surface area is 151 Å². The number of fused-ring (bicyclic) bond motifs is 1. The topological polar surface area (TPSA) is 41.8 Å². The van der Waals surface area contributed by atoms with E-state index in [9.17, 15) is 5.11 Å². The lowest BCUT2D eigenvalue weighted by Crippen LogP contribution is -1.87. The van der Waals surface area contributed by atoms with Gasteiger partial charge in [0.25, 0.3) is 0 Å². The monoisotopic (exact) mass is 339 g/mol. The lowest BCUT2D eigenvalue weighted by Gasteiger charge is -2.08. The van der Waals surface area contributed by atoms with E-state index in [0.29, 0.717) is 17.0 Å². The zero-order valence-electron chi connectivity index (χ0n) is 14.0. The average molecular weight is 339 g/mol. The molecule has 0 fully saturated rings. The van der Waals surface area contributed by atoms with E-state index in [-0.39, 0.29) is 5.75 Å². The normalized spacial score (nSPS) is 11.1. The Bertz CT molecular complexity index is 1070. The minimum absolute atomic E-state index is 0.203. The second kappa shape index (κ2) is 7.11. The highest BCUT2D eigenvalue weighted by Crippen LogP contribution is 2.32. The lowest BCUT2D eigenvalue weighted by atomic mass is 10.0. The predicted molar refractivity (Wildman–Crippen MR) is 106 cm³/mol. The Balaban J connectivity index is 1.71. The number of ether oxygens (including phenoxy) is 1. The lowest BCUT2D eigenvalue weighted by molar-refractivity contribution is 0.475. The summed E-state index contributed by atoms with van der Waals surface area (Å²) in [4.78, 5) is 4.57. The van der Waals surface area contributed by atoms with Gasteiger partial charge in [-0.1, -0.05) is 60.7 Å². The summed E-state index contributed by atoms with van der Waals surface area (Å²) >= 11 is 0. The van der Waals surface area contributed by atoms with Crippen LogP contribution in [0.25, 0.3) is 10.8 Å². The third-order valence-corrected chi connectivity index (χ3v) is 4.12. The molecular formula is C23H17NO2. The molecule has 0 aromatic heterocycles. The predicted octanol–water partition coefficient (Wildman–Crippen LogP) is 6.09. The Morgan fingerprint density at radius 2 is 1.46 bits per heavy atom. The molecule has 3 nitrogen and oxygen atoms in total. The number of para-hydroxylation sites is 3. The van der Waals surface area contributed by atoms with Crippen molar-refractivity contribution in [2.75, 3.05) is 0 Å². The average Bonchev–Trinajstić information content (AvgIpc) is 2.69. The summed E-state index contributed by atoms with van der Waals surface area (Å²) in [6.07, 6.45) is 1.69. The number of benzene rings is 4. The van der Waals surface area contributed by atoms with Crippen LogP contribution in [0, 0.1) is 0 Å². The zero-order valence-corrected chi connectivity index (χ0v) is 14.0.